The van der Waals surface area contributed by atoms with E-state index in [-0.39, 0.29) is 0 Å². The van der Waals surface area contributed by atoms with Crippen LogP contribution in [0.2, 0.25) is 0 Å². The van der Waals surface area contributed by atoms with Crippen molar-refractivity contribution in [1.82, 2.24) is 0 Å². The maximum Gasteiger partial charge on any atom is 0.118 e. The van der Waals surface area contributed by atoms with Crippen molar-refractivity contribution in [1.29, 1.82) is 0 Å². The van der Waals surface area contributed by atoms with Crippen LogP contribution in [0.25, 0.3) is 11.1 Å². The fourth-order valence-corrected chi connectivity index (χ4v) is 3.68. The minimum Gasteiger partial charge on any atom is -0.497 e. The molecule has 0 amide bonds. The summed E-state index contributed by atoms with van der Waals surface area (Å²) < 4.78 is 5.22. The molecule has 1 saturated carbocycles. The summed E-state index contributed by atoms with van der Waals surface area (Å²) >= 11 is 5.69. The average molecular weight is 327 g/mol. The number of rotatable bonds is 4. The van der Waals surface area contributed by atoms with E-state index in [1.54, 1.807) is 12.6 Å². The largest absolute Gasteiger partial charge is 0.497 e. The summed E-state index contributed by atoms with van der Waals surface area (Å²) in [6.07, 6.45) is 7.15. The molecule has 1 aliphatic carbocycles. The van der Waals surface area contributed by atoms with Gasteiger partial charge in [-0.05, 0) is 66.3 Å². The Bertz CT molecular complexity index is 635. The lowest BCUT2D eigenvalue weighted by Gasteiger charge is -2.27. The third-order valence-electron chi connectivity index (χ3n) is 4.92. The number of benzene rings is 2. The number of ether oxygens (including phenoxy) is 1. The minimum atomic E-state index is 0.669. The van der Waals surface area contributed by atoms with Gasteiger partial charge in [0.25, 0.3) is 0 Å². The van der Waals surface area contributed by atoms with E-state index < -0.39 is 0 Å². The molecule has 0 bridgehead atoms. The standard InChI is InChI=1S/C21H23ClO/c1-23-21-12-10-20(11-13-21)19-8-6-18(7-9-19)17-4-2-16(3-5-17)14-15-22/h6-17H,2-5H2,1H3. The van der Waals surface area contributed by atoms with Gasteiger partial charge in [-0.15, -0.1) is 0 Å². The summed E-state index contributed by atoms with van der Waals surface area (Å²) in [5.41, 5.74) is 5.63. The molecule has 0 N–H and O–H groups in total. The highest BCUT2D eigenvalue weighted by Gasteiger charge is 2.20. The molecule has 2 aromatic rings. The van der Waals surface area contributed by atoms with Gasteiger partial charge in [0.2, 0.25) is 0 Å². The second kappa shape index (κ2) is 7.70. The molecule has 2 heteroatoms. The van der Waals surface area contributed by atoms with E-state index in [0.717, 1.165) is 5.75 Å². The van der Waals surface area contributed by atoms with E-state index in [4.69, 9.17) is 16.3 Å². The van der Waals surface area contributed by atoms with Crippen molar-refractivity contribution < 1.29 is 4.74 Å². The van der Waals surface area contributed by atoms with E-state index >= 15 is 0 Å². The van der Waals surface area contributed by atoms with E-state index in [2.05, 4.69) is 42.5 Å². The second-order valence-corrected chi connectivity index (χ2v) is 6.53. The van der Waals surface area contributed by atoms with Crippen LogP contribution in [0.4, 0.5) is 0 Å². The van der Waals surface area contributed by atoms with Crippen LogP contribution in [0, 0.1) is 5.92 Å². The lowest BCUT2D eigenvalue weighted by atomic mass is 9.78. The average Bonchev–Trinajstić information content (AvgIpc) is 2.63. The zero-order valence-corrected chi connectivity index (χ0v) is 14.3. The lowest BCUT2D eigenvalue weighted by molar-refractivity contribution is 0.376. The highest BCUT2D eigenvalue weighted by Crippen LogP contribution is 2.37. The molecule has 0 radical (unpaired) electrons. The first-order valence-corrected chi connectivity index (χ1v) is 8.75. The summed E-state index contributed by atoms with van der Waals surface area (Å²) in [6.45, 7) is 0. The molecule has 1 aliphatic rings. The molecule has 1 fully saturated rings. The fraction of sp³-hybridized carbons (Fsp3) is 0.333. The number of halogens is 1. The van der Waals surface area contributed by atoms with Crippen LogP contribution in [0.15, 0.2) is 60.1 Å². The first-order valence-electron chi connectivity index (χ1n) is 8.31. The van der Waals surface area contributed by atoms with Crippen molar-refractivity contribution in [2.24, 2.45) is 5.92 Å². The molecule has 0 heterocycles. The molecule has 2 aromatic carbocycles. The first kappa shape index (κ1) is 16.1. The Hall–Kier alpha value is -1.73. The van der Waals surface area contributed by atoms with Crippen LogP contribution < -0.4 is 4.74 Å². The summed E-state index contributed by atoms with van der Waals surface area (Å²) in [6, 6.07) is 17.3. The van der Waals surface area contributed by atoms with Crippen LogP contribution in [0.3, 0.4) is 0 Å². The van der Waals surface area contributed by atoms with Crippen molar-refractivity contribution in [3.63, 3.8) is 0 Å². The van der Waals surface area contributed by atoms with E-state index in [1.165, 1.54) is 42.4 Å². The van der Waals surface area contributed by atoms with Crippen molar-refractivity contribution in [2.45, 2.75) is 31.6 Å². The van der Waals surface area contributed by atoms with Gasteiger partial charge in [-0.25, -0.2) is 0 Å². The third-order valence-corrected chi connectivity index (χ3v) is 5.07. The summed E-state index contributed by atoms with van der Waals surface area (Å²) in [5, 5.41) is 0. The molecule has 0 saturated heterocycles. The van der Waals surface area contributed by atoms with Gasteiger partial charge < -0.3 is 4.74 Å². The lowest BCUT2D eigenvalue weighted by Crippen LogP contribution is -2.11. The predicted molar refractivity (Wildman–Crippen MR) is 98.1 cm³/mol. The van der Waals surface area contributed by atoms with Crippen LogP contribution in [0.1, 0.15) is 37.2 Å². The van der Waals surface area contributed by atoms with E-state index in [0.29, 0.717) is 11.8 Å². The Morgan fingerprint density at radius 2 is 1.43 bits per heavy atom. The van der Waals surface area contributed by atoms with Gasteiger partial charge in [0.15, 0.2) is 0 Å². The van der Waals surface area contributed by atoms with Gasteiger partial charge in [-0.3, -0.25) is 0 Å². The van der Waals surface area contributed by atoms with Gasteiger partial charge in [0.05, 0.1) is 7.11 Å². The number of allylic oxidation sites excluding steroid dienone is 1. The molecule has 1 nitrogen and oxygen atoms in total. The van der Waals surface area contributed by atoms with Gasteiger partial charge in [-0.1, -0.05) is 54.1 Å². The number of methoxy groups -OCH3 is 1. The molecule has 0 aromatic heterocycles. The van der Waals surface area contributed by atoms with E-state index in [9.17, 15) is 0 Å². The maximum atomic E-state index is 5.69. The highest BCUT2D eigenvalue weighted by atomic mass is 35.5. The zero-order chi connectivity index (χ0) is 16.1. The predicted octanol–water partition coefficient (Wildman–Crippen LogP) is 6.39. The number of hydrogen-bond donors (Lipinski definition) is 0. The summed E-state index contributed by atoms with van der Waals surface area (Å²) in [4.78, 5) is 0. The van der Waals surface area contributed by atoms with Gasteiger partial charge >= 0.3 is 0 Å². The van der Waals surface area contributed by atoms with Crippen molar-refractivity contribution in [2.75, 3.05) is 7.11 Å². The molecule has 0 atom stereocenters. The molecule has 120 valence electrons. The Morgan fingerprint density at radius 3 is 1.96 bits per heavy atom. The monoisotopic (exact) mass is 326 g/mol. The first-order chi connectivity index (χ1) is 11.3. The van der Waals surface area contributed by atoms with Crippen LogP contribution in [0.5, 0.6) is 5.75 Å². The topological polar surface area (TPSA) is 9.23 Å². The van der Waals surface area contributed by atoms with Crippen LogP contribution >= 0.6 is 11.6 Å². The molecule has 0 aliphatic heterocycles. The molecule has 3 rings (SSSR count). The zero-order valence-electron chi connectivity index (χ0n) is 13.5. The molecule has 0 spiro atoms. The Morgan fingerprint density at radius 1 is 0.870 bits per heavy atom. The van der Waals surface area contributed by atoms with Crippen LogP contribution in [-0.2, 0) is 0 Å². The Labute approximate surface area is 143 Å². The third kappa shape index (κ3) is 3.97. The maximum absolute atomic E-state index is 5.69. The molecular weight excluding hydrogens is 304 g/mol. The van der Waals surface area contributed by atoms with Crippen LogP contribution in [-0.4, -0.2) is 7.11 Å². The molecule has 23 heavy (non-hydrogen) atoms. The minimum absolute atomic E-state index is 0.669. The van der Waals surface area contributed by atoms with Crippen molar-refractivity contribution >= 4 is 11.6 Å². The SMILES string of the molecule is COc1ccc(-c2ccc(C3CCC(C=CCl)CC3)cc2)cc1. The summed E-state index contributed by atoms with van der Waals surface area (Å²) in [7, 11) is 1.70. The summed E-state index contributed by atoms with van der Waals surface area (Å²) in [5.74, 6) is 2.26. The normalized spacial score (nSPS) is 21.5. The van der Waals surface area contributed by atoms with Gasteiger partial charge in [0, 0.05) is 5.54 Å². The molecule has 0 unspecified atom stereocenters. The second-order valence-electron chi connectivity index (χ2n) is 6.28. The fourth-order valence-electron chi connectivity index (χ4n) is 3.48. The Kier molecular flexibility index (Phi) is 5.40. The Balaban J connectivity index is 1.67. The van der Waals surface area contributed by atoms with Gasteiger partial charge in [-0.2, -0.15) is 0 Å². The number of hydrogen-bond acceptors (Lipinski definition) is 1. The van der Waals surface area contributed by atoms with E-state index in [1.807, 2.05) is 12.1 Å². The van der Waals surface area contributed by atoms with Crippen molar-refractivity contribution in [3.05, 3.63) is 65.7 Å². The smallest absolute Gasteiger partial charge is 0.118 e. The molecular formula is C21H23ClO. The van der Waals surface area contributed by atoms with Crippen molar-refractivity contribution in [3.8, 4) is 16.9 Å². The quantitative estimate of drug-likeness (QED) is 0.632. The highest BCUT2D eigenvalue weighted by molar-refractivity contribution is 6.25. The van der Waals surface area contributed by atoms with Gasteiger partial charge in [0.1, 0.15) is 5.75 Å².